The first-order valence-corrected chi connectivity index (χ1v) is 10.5. The van der Waals surface area contributed by atoms with Crippen LogP contribution in [-0.2, 0) is 22.4 Å². The molecule has 0 bridgehead atoms. The van der Waals surface area contributed by atoms with Gasteiger partial charge in [-0.2, -0.15) is 0 Å². The van der Waals surface area contributed by atoms with Crippen molar-refractivity contribution in [2.45, 2.75) is 25.7 Å². The van der Waals surface area contributed by atoms with E-state index in [4.69, 9.17) is 5.73 Å². The Morgan fingerprint density at radius 2 is 1.58 bits per heavy atom. The highest BCUT2D eigenvalue weighted by atomic mass is 16.2. The number of carbonyl (C=O) groups excluding carboxylic acids is 2. The van der Waals surface area contributed by atoms with Crippen molar-refractivity contribution in [3.05, 3.63) is 84.4 Å². The zero-order valence-corrected chi connectivity index (χ0v) is 17.4. The molecule has 6 heteroatoms. The zero-order valence-electron chi connectivity index (χ0n) is 17.4. The zero-order chi connectivity index (χ0) is 21.7. The van der Waals surface area contributed by atoms with E-state index in [9.17, 15) is 9.59 Å². The number of nitrogens with two attached hydrogens (primary N) is 1. The molecule has 3 aromatic rings. The lowest BCUT2D eigenvalue weighted by Crippen LogP contribution is -2.50. The highest BCUT2D eigenvalue weighted by Gasteiger charge is 2.40. The third-order valence-corrected chi connectivity index (χ3v) is 6.16. The Hall–Kier alpha value is -3.54. The number of rotatable bonds is 6. The van der Waals surface area contributed by atoms with E-state index >= 15 is 0 Å². The van der Waals surface area contributed by atoms with Crippen LogP contribution in [0.1, 0.15) is 24.0 Å². The summed E-state index contributed by atoms with van der Waals surface area (Å²) in [6.07, 6.45) is 7.13. The van der Waals surface area contributed by atoms with Gasteiger partial charge in [0.2, 0.25) is 11.8 Å². The lowest BCUT2D eigenvalue weighted by Gasteiger charge is -2.40. The summed E-state index contributed by atoms with van der Waals surface area (Å²) < 4.78 is 0. The average molecular weight is 415 g/mol. The van der Waals surface area contributed by atoms with Crippen LogP contribution < -0.4 is 5.73 Å². The summed E-state index contributed by atoms with van der Waals surface area (Å²) in [6.45, 7) is 1.08. The molecule has 0 unspecified atom stereocenters. The molecule has 2 aromatic carbocycles. The smallest absolute Gasteiger partial charge is 0.226 e. The van der Waals surface area contributed by atoms with Crippen molar-refractivity contribution in [2.75, 3.05) is 13.1 Å². The summed E-state index contributed by atoms with van der Waals surface area (Å²) in [6, 6.07) is 17.8. The van der Waals surface area contributed by atoms with E-state index in [0.29, 0.717) is 38.8 Å². The topological polar surface area (TPSA) is 89.2 Å². The largest absolute Gasteiger partial charge is 0.369 e. The molecule has 2 N–H and O–H groups in total. The molecule has 1 aliphatic rings. The number of aromatic nitrogens is 2. The maximum Gasteiger partial charge on any atom is 0.226 e. The van der Waals surface area contributed by atoms with Gasteiger partial charge in [0.25, 0.3) is 0 Å². The van der Waals surface area contributed by atoms with Gasteiger partial charge >= 0.3 is 0 Å². The molecule has 0 atom stereocenters. The van der Waals surface area contributed by atoms with E-state index in [1.165, 1.54) is 6.33 Å². The molecule has 1 saturated heterocycles. The molecule has 158 valence electrons. The van der Waals surface area contributed by atoms with E-state index < -0.39 is 5.41 Å². The number of amides is 2. The monoisotopic (exact) mass is 414 g/mol. The van der Waals surface area contributed by atoms with Gasteiger partial charge in [0.1, 0.15) is 6.33 Å². The molecular weight excluding hydrogens is 388 g/mol. The molecule has 0 spiro atoms. The fraction of sp³-hybridized carbons (Fsp3) is 0.280. The van der Waals surface area contributed by atoms with Crippen LogP contribution in [0.15, 0.2) is 73.3 Å². The summed E-state index contributed by atoms with van der Waals surface area (Å²) in [7, 11) is 0. The normalized spacial score (nSPS) is 15.4. The number of piperidine rings is 1. The summed E-state index contributed by atoms with van der Waals surface area (Å²) >= 11 is 0. The number of primary amides is 1. The molecule has 1 aliphatic heterocycles. The number of hydrogen-bond donors (Lipinski definition) is 1. The second kappa shape index (κ2) is 9.08. The highest BCUT2D eigenvalue weighted by molar-refractivity contribution is 5.83. The van der Waals surface area contributed by atoms with Gasteiger partial charge < -0.3 is 10.6 Å². The Bertz CT molecular complexity index is 1050. The Balaban J connectivity index is 1.45. The van der Waals surface area contributed by atoms with Gasteiger partial charge in [0.15, 0.2) is 0 Å². The van der Waals surface area contributed by atoms with Crippen LogP contribution in [0, 0.1) is 5.41 Å². The maximum atomic E-state index is 12.7. The summed E-state index contributed by atoms with van der Waals surface area (Å²) in [5.74, 6) is -0.202. The van der Waals surface area contributed by atoms with E-state index in [1.54, 1.807) is 12.4 Å². The molecule has 1 aromatic heterocycles. The molecule has 2 amide bonds. The van der Waals surface area contributed by atoms with Gasteiger partial charge in [-0.3, -0.25) is 9.59 Å². The van der Waals surface area contributed by atoms with Crippen LogP contribution in [0.25, 0.3) is 11.1 Å². The van der Waals surface area contributed by atoms with Gasteiger partial charge in [-0.25, -0.2) is 9.97 Å². The van der Waals surface area contributed by atoms with E-state index in [1.807, 2.05) is 53.4 Å². The molecule has 4 rings (SSSR count). The summed E-state index contributed by atoms with van der Waals surface area (Å²) in [5, 5.41) is 0. The van der Waals surface area contributed by atoms with Gasteiger partial charge in [0.05, 0.1) is 11.8 Å². The third-order valence-electron chi connectivity index (χ3n) is 6.16. The van der Waals surface area contributed by atoms with Crippen molar-refractivity contribution in [1.29, 1.82) is 0 Å². The SMILES string of the molecule is NC(=O)C1(Cc2cccc(-c3cncnc3)c2)CCN(C(=O)Cc2ccccc2)CC1. The van der Waals surface area contributed by atoms with Gasteiger partial charge in [-0.05, 0) is 36.0 Å². The molecule has 31 heavy (non-hydrogen) atoms. The van der Waals surface area contributed by atoms with Crippen LogP contribution in [0.3, 0.4) is 0 Å². The summed E-state index contributed by atoms with van der Waals surface area (Å²) in [4.78, 5) is 35.2. The first-order chi connectivity index (χ1) is 15.1. The number of hydrogen-bond acceptors (Lipinski definition) is 4. The highest BCUT2D eigenvalue weighted by Crippen LogP contribution is 2.36. The predicted molar refractivity (Wildman–Crippen MR) is 119 cm³/mol. The fourth-order valence-corrected chi connectivity index (χ4v) is 4.28. The van der Waals surface area contributed by atoms with Crippen LogP contribution in [0.2, 0.25) is 0 Å². The molecular formula is C25H26N4O2. The molecule has 1 fully saturated rings. The number of carbonyl (C=O) groups is 2. The number of likely N-dealkylation sites (tertiary alicyclic amines) is 1. The standard InChI is InChI=1S/C25H26N4O2/c26-24(31)25(15-20-7-4-8-21(13-20)22-16-27-18-28-17-22)9-11-29(12-10-25)23(30)14-19-5-2-1-3-6-19/h1-8,13,16-18H,9-12,14-15H2,(H2,26,31). The Kier molecular flexibility index (Phi) is 6.07. The Morgan fingerprint density at radius 3 is 2.26 bits per heavy atom. The summed E-state index contributed by atoms with van der Waals surface area (Å²) in [5.41, 5.74) is 9.22. The van der Waals surface area contributed by atoms with Crippen LogP contribution in [0.5, 0.6) is 0 Å². The average Bonchev–Trinajstić information content (AvgIpc) is 2.81. The second-order valence-corrected chi connectivity index (χ2v) is 8.19. The first kappa shape index (κ1) is 20.7. The van der Waals surface area contributed by atoms with Crippen molar-refractivity contribution < 1.29 is 9.59 Å². The number of benzene rings is 2. The van der Waals surface area contributed by atoms with Gasteiger partial charge in [-0.1, -0.05) is 54.6 Å². The van der Waals surface area contributed by atoms with Crippen molar-refractivity contribution in [1.82, 2.24) is 14.9 Å². The van der Waals surface area contributed by atoms with Crippen LogP contribution in [0.4, 0.5) is 0 Å². The van der Waals surface area contributed by atoms with Crippen molar-refractivity contribution in [3.63, 3.8) is 0 Å². The lowest BCUT2D eigenvalue weighted by molar-refractivity contribution is -0.138. The minimum Gasteiger partial charge on any atom is -0.369 e. The Morgan fingerprint density at radius 1 is 0.903 bits per heavy atom. The van der Waals surface area contributed by atoms with Crippen molar-refractivity contribution >= 4 is 11.8 Å². The van der Waals surface area contributed by atoms with Gasteiger partial charge in [-0.15, -0.1) is 0 Å². The molecule has 0 saturated carbocycles. The van der Waals surface area contributed by atoms with E-state index in [2.05, 4.69) is 16.0 Å². The minimum atomic E-state index is -0.644. The minimum absolute atomic E-state index is 0.0929. The van der Waals surface area contributed by atoms with Crippen molar-refractivity contribution in [3.8, 4) is 11.1 Å². The van der Waals surface area contributed by atoms with E-state index in [0.717, 1.165) is 22.3 Å². The predicted octanol–water partition coefficient (Wildman–Crippen LogP) is 3.02. The molecule has 0 radical (unpaired) electrons. The van der Waals surface area contributed by atoms with E-state index in [-0.39, 0.29) is 11.8 Å². The quantitative estimate of drug-likeness (QED) is 0.671. The third kappa shape index (κ3) is 4.79. The molecule has 6 nitrogen and oxygen atoms in total. The molecule has 2 heterocycles. The molecule has 0 aliphatic carbocycles. The first-order valence-electron chi connectivity index (χ1n) is 10.5. The van der Waals surface area contributed by atoms with Crippen LogP contribution in [-0.4, -0.2) is 39.8 Å². The fourth-order valence-electron chi connectivity index (χ4n) is 4.28. The van der Waals surface area contributed by atoms with Gasteiger partial charge in [0, 0.05) is 31.0 Å². The van der Waals surface area contributed by atoms with Crippen molar-refractivity contribution in [2.24, 2.45) is 11.1 Å². The van der Waals surface area contributed by atoms with Crippen LogP contribution >= 0.6 is 0 Å². The Labute approximate surface area is 182 Å². The lowest BCUT2D eigenvalue weighted by atomic mass is 9.73. The maximum absolute atomic E-state index is 12.7. The number of nitrogens with zero attached hydrogens (tertiary/aromatic N) is 3. The second-order valence-electron chi connectivity index (χ2n) is 8.19.